The highest BCUT2D eigenvalue weighted by atomic mass is 127. The maximum atomic E-state index is 4.85. The number of hydrogen-bond acceptors (Lipinski definition) is 4. The molecular weight excluding hydrogens is 453 g/mol. The maximum absolute atomic E-state index is 4.85. The Labute approximate surface area is 179 Å². The zero-order valence-electron chi connectivity index (χ0n) is 16.6. The Hall–Kier alpha value is -1.42. The number of nitrogens with one attached hydrogen (secondary N) is 1. The summed E-state index contributed by atoms with van der Waals surface area (Å²) in [7, 11) is 0. The van der Waals surface area contributed by atoms with Gasteiger partial charge in [0.25, 0.3) is 0 Å². The van der Waals surface area contributed by atoms with Crippen molar-refractivity contribution in [3.63, 3.8) is 0 Å². The van der Waals surface area contributed by atoms with Crippen molar-refractivity contribution in [1.82, 2.24) is 29.7 Å². The highest BCUT2D eigenvalue weighted by molar-refractivity contribution is 14.0. The second-order valence-corrected chi connectivity index (χ2v) is 6.64. The fraction of sp³-hybridized carbons (Fsp3) is 0.632. The molecule has 1 N–H and O–H groups in total. The van der Waals surface area contributed by atoms with E-state index in [1.54, 1.807) is 0 Å². The average molecular weight is 485 g/mol. The largest absolute Gasteiger partial charge is 0.357 e. The zero-order chi connectivity index (χ0) is 18.4. The Morgan fingerprint density at radius 1 is 1.26 bits per heavy atom. The van der Waals surface area contributed by atoms with Crippen LogP contribution in [0.5, 0.6) is 0 Å². The predicted octanol–water partition coefficient (Wildman–Crippen LogP) is 2.27. The molecule has 0 aliphatic carbocycles. The van der Waals surface area contributed by atoms with Gasteiger partial charge in [-0.2, -0.15) is 0 Å². The first-order chi connectivity index (χ1) is 12.8. The number of hydrogen-bond donors (Lipinski definition) is 1. The van der Waals surface area contributed by atoms with Crippen LogP contribution in [0.1, 0.15) is 33.0 Å². The smallest absolute Gasteiger partial charge is 0.193 e. The molecule has 0 saturated carbocycles. The van der Waals surface area contributed by atoms with E-state index in [9.17, 15) is 0 Å². The number of halogens is 1. The number of fused-ring (bicyclic) bond motifs is 1. The van der Waals surface area contributed by atoms with E-state index in [1.165, 1.54) is 6.42 Å². The Balaban J connectivity index is 0.00000261. The molecule has 2 aromatic heterocycles. The van der Waals surface area contributed by atoms with Gasteiger partial charge in [0.15, 0.2) is 11.6 Å². The van der Waals surface area contributed by atoms with Crippen molar-refractivity contribution in [1.29, 1.82) is 0 Å². The highest BCUT2D eigenvalue weighted by Crippen LogP contribution is 2.15. The number of likely N-dealkylation sites (tertiary alicyclic amines) is 1. The summed E-state index contributed by atoms with van der Waals surface area (Å²) in [5.74, 6) is 1.98. The van der Waals surface area contributed by atoms with Gasteiger partial charge in [-0.05, 0) is 38.6 Å². The number of nitrogens with zero attached hydrogens (tertiary/aromatic N) is 6. The van der Waals surface area contributed by atoms with Crippen LogP contribution in [0.4, 0.5) is 0 Å². The lowest BCUT2D eigenvalue weighted by Crippen LogP contribution is -2.43. The molecule has 0 radical (unpaired) electrons. The third-order valence-corrected chi connectivity index (χ3v) is 5.11. The van der Waals surface area contributed by atoms with Gasteiger partial charge < -0.3 is 10.2 Å². The maximum Gasteiger partial charge on any atom is 0.193 e. The normalized spacial score (nSPS) is 17.6. The van der Waals surface area contributed by atoms with Gasteiger partial charge in [-0.1, -0.05) is 19.9 Å². The third-order valence-electron chi connectivity index (χ3n) is 5.11. The van der Waals surface area contributed by atoms with E-state index >= 15 is 0 Å². The summed E-state index contributed by atoms with van der Waals surface area (Å²) in [5.41, 5.74) is 0.889. The molecule has 1 aliphatic rings. The summed E-state index contributed by atoms with van der Waals surface area (Å²) in [6.45, 7) is 12.6. The first-order valence-corrected chi connectivity index (χ1v) is 9.82. The topological polar surface area (TPSA) is 61.1 Å². The van der Waals surface area contributed by atoms with Crippen LogP contribution in [0.15, 0.2) is 29.4 Å². The second-order valence-electron chi connectivity index (χ2n) is 6.64. The molecule has 1 aliphatic heterocycles. The van der Waals surface area contributed by atoms with E-state index in [1.807, 2.05) is 28.8 Å². The Morgan fingerprint density at radius 3 is 2.81 bits per heavy atom. The van der Waals surface area contributed by atoms with E-state index in [-0.39, 0.29) is 24.0 Å². The molecule has 0 amide bonds. The van der Waals surface area contributed by atoms with Crippen molar-refractivity contribution in [3.8, 4) is 0 Å². The van der Waals surface area contributed by atoms with Gasteiger partial charge in [-0.25, -0.2) is 0 Å². The molecule has 7 nitrogen and oxygen atoms in total. The number of likely N-dealkylation sites (N-methyl/N-ethyl adjacent to an activating group) is 1. The summed E-state index contributed by atoms with van der Waals surface area (Å²) in [5, 5.41) is 12.0. The average Bonchev–Trinajstić information content (AvgIpc) is 3.30. The van der Waals surface area contributed by atoms with E-state index in [0.717, 1.165) is 56.6 Å². The van der Waals surface area contributed by atoms with Gasteiger partial charge in [-0.3, -0.25) is 14.3 Å². The number of aromatic nitrogens is 3. The van der Waals surface area contributed by atoms with E-state index in [2.05, 4.69) is 46.1 Å². The predicted molar refractivity (Wildman–Crippen MR) is 121 cm³/mol. The molecular formula is C19H32IN7. The highest BCUT2D eigenvalue weighted by Gasteiger charge is 2.27. The van der Waals surface area contributed by atoms with E-state index in [0.29, 0.717) is 12.6 Å². The van der Waals surface area contributed by atoms with Crippen molar-refractivity contribution in [2.75, 3.05) is 39.3 Å². The molecule has 27 heavy (non-hydrogen) atoms. The molecule has 2 aromatic rings. The molecule has 1 fully saturated rings. The van der Waals surface area contributed by atoms with E-state index in [4.69, 9.17) is 4.99 Å². The molecule has 0 aromatic carbocycles. The lowest BCUT2D eigenvalue weighted by atomic mass is 10.2. The van der Waals surface area contributed by atoms with Crippen LogP contribution in [0.25, 0.3) is 5.65 Å². The van der Waals surface area contributed by atoms with Crippen molar-refractivity contribution < 1.29 is 0 Å². The monoisotopic (exact) mass is 485 g/mol. The van der Waals surface area contributed by atoms with Gasteiger partial charge in [0, 0.05) is 44.8 Å². The SMILES string of the molecule is CCNC(=NCCc1nnc2ccccn12)N1CCC(N(CC)CC)C1.I. The molecule has 1 atom stereocenters. The van der Waals surface area contributed by atoms with Gasteiger partial charge in [0.1, 0.15) is 5.82 Å². The van der Waals surface area contributed by atoms with Crippen molar-refractivity contribution in [2.24, 2.45) is 4.99 Å². The molecule has 150 valence electrons. The zero-order valence-corrected chi connectivity index (χ0v) is 19.0. The van der Waals surface area contributed by atoms with E-state index < -0.39 is 0 Å². The Morgan fingerprint density at radius 2 is 2.07 bits per heavy atom. The lowest BCUT2D eigenvalue weighted by molar-refractivity contribution is 0.223. The molecule has 1 unspecified atom stereocenters. The summed E-state index contributed by atoms with van der Waals surface area (Å²) in [6, 6.07) is 6.59. The van der Waals surface area contributed by atoms with Gasteiger partial charge in [0.2, 0.25) is 0 Å². The third kappa shape index (κ3) is 5.31. The number of rotatable bonds is 7. The second kappa shape index (κ2) is 10.8. The van der Waals surface area contributed by atoms with Crippen LogP contribution in [0.2, 0.25) is 0 Å². The van der Waals surface area contributed by atoms with Crippen molar-refractivity contribution >= 4 is 35.6 Å². The van der Waals surface area contributed by atoms with Gasteiger partial charge >= 0.3 is 0 Å². The molecule has 0 spiro atoms. The molecule has 3 rings (SSSR count). The summed E-state index contributed by atoms with van der Waals surface area (Å²) in [4.78, 5) is 9.80. The summed E-state index contributed by atoms with van der Waals surface area (Å²) < 4.78 is 2.04. The molecule has 1 saturated heterocycles. The van der Waals surface area contributed by atoms with Crippen LogP contribution in [-0.4, -0.2) is 75.7 Å². The standard InChI is InChI=1S/C19H31N7.HI/c1-4-20-19(25-14-11-16(15-25)24(5-2)6-3)21-12-10-18-23-22-17-9-7-8-13-26(17)18;/h7-9,13,16H,4-6,10-12,14-15H2,1-3H3,(H,20,21);1H. The minimum absolute atomic E-state index is 0. The Bertz CT molecular complexity index is 726. The Kier molecular flexibility index (Phi) is 8.75. The first-order valence-electron chi connectivity index (χ1n) is 9.82. The molecule has 0 bridgehead atoms. The number of pyridine rings is 1. The van der Waals surface area contributed by atoms with Crippen LogP contribution in [0.3, 0.4) is 0 Å². The minimum Gasteiger partial charge on any atom is -0.357 e. The molecule has 3 heterocycles. The van der Waals surface area contributed by atoms with Crippen LogP contribution < -0.4 is 5.32 Å². The van der Waals surface area contributed by atoms with Crippen LogP contribution in [0, 0.1) is 0 Å². The summed E-state index contributed by atoms with van der Waals surface area (Å²) >= 11 is 0. The minimum atomic E-state index is 0. The van der Waals surface area contributed by atoms with Crippen molar-refractivity contribution in [2.45, 2.75) is 39.7 Å². The van der Waals surface area contributed by atoms with Gasteiger partial charge in [-0.15, -0.1) is 34.2 Å². The van der Waals surface area contributed by atoms with Crippen LogP contribution >= 0.6 is 24.0 Å². The van der Waals surface area contributed by atoms with Crippen LogP contribution in [-0.2, 0) is 6.42 Å². The fourth-order valence-corrected chi connectivity index (χ4v) is 3.72. The summed E-state index contributed by atoms with van der Waals surface area (Å²) in [6.07, 6.45) is 4.00. The molecule has 8 heteroatoms. The fourth-order valence-electron chi connectivity index (χ4n) is 3.72. The van der Waals surface area contributed by atoms with Gasteiger partial charge in [0.05, 0.1) is 0 Å². The number of aliphatic imine (C=N–C) groups is 1. The first kappa shape index (κ1) is 21.9. The number of guanidine groups is 1. The van der Waals surface area contributed by atoms with Crippen molar-refractivity contribution in [3.05, 3.63) is 30.2 Å². The quantitative estimate of drug-likeness (QED) is 0.371. The lowest BCUT2D eigenvalue weighted by Gasteiger charge is -2.27.